The Balaban J connectivity index is 1.63. The van der Waals surface area contributed by atoms with Crippen molar-refractivity contribution < 1.29 is 0 Å². The van der Waals surface area contributed by atoms with E-state index in [9.17, 15) is 0 Å². The number of hydrogen-bond acceptors (Lipinski definition) is 1. The maximum Gasteiger partial charge on any atom is 0.0788 e. The summed E-state index contributed by atoms with van der Waals surface area (Å²) in [6.45, 7) is 2.21. The lowest BCUT2D eigenvalue weighted by Gasteiger charge is -2.23. The zero-order chi connectivity index (χ0) is 18.2. The van der Waals surface area contributed by atoms with E-state index in [1.165, 1.54) is 46.1 Å². The van der Waals surface area contributed by atoms with Gasteiger partial charge in [0.05, 0.1) is 17.3 Å². The second-order valence-corrected chi connectivity index (χ2v) is 7.73. The van der Waals surface area contributed by atoms with Gasteiger partial charge in [0.25, 0.3) is 0 Å². The van der Waals surface area contributed by atoms with Gasteiger partial charge in [0.2, 0.25) is 0 Å². The Morgan fingerprint density at radius 1 is 0.963 bits per heavy atom. The first kappa shape index (κ1) is 16.3. The van der Waals surface area contributed by atoms with Gasteiger partial charge in [-0.15, -0.1) is 0 Å². The standard InChI is InChI=1S/C25H24N2/c1-18-7-5-10-20-14-16-27(24(18)20)25(21-12-13-21)23-22(11-6-15-26-23)17-19-8-3-2-4-9-19/h2-11,14-16,21,25H,12-13,17H2,1H3. The highest BCUT2D eigenvalue weighted by atomic mass is 15.0. The molecule has 5 rings (SSSR count). The quantitative estimate of drug-likeness (QED) is 0.435. The van der Waals surface area contributed by atoms with Gasteiger partial charge in [-0.25, -0.2) is 0 Å². The lowest BCUT2D eigenvalue weighted by atomic mass is 9.97. The van der Waals surface area contributed by atoms with Gasteiger partial charge in [-0.05, 0) is 66.3 Å². The highest BCUT2D eigenvalue weighted by Crippen LogP contribution is 2.45. The summed E-state index contributed by atoms with van der Waals surface area (Å²) >= 11 is 0. The van der Waals surface area contributed by atoms with Crippen LogP contribution in [0.5, 0.6) is 0 Å². The average molecular weight is 352 g/mol. The summed E-state index contributed by atoms with van der Waals surface area (Å²) in [5.41, 5.74) is 6.62. The number of aromatic nitrogens is 2. The second-order valence-electron chi connectivity index (χ2n) is 7.73. The molecular formula is C25H24N2. The molecule has 0 spiro atoms. The fourth-order valence-corrected chi connectivity index (χ4v) is 4.31. The van der Waals surface area contributed by atoms with Crippen LogP contribution in [0, 0.1) is 12.8 Å². The van der Waals surface area contributed by atoms with Crippen molar-refractivity contribution in [1.82, 2.24) is 9.55 Å². The van der Waals surface area contributed by atoms with Crippen LogP contribution in [0.15, 0.2) is 79.1 Å². The summed E-state index contributed by atoms with van der Waals surface area (Å²) in [6, 6.07) is 24.2. The molecule has 1 atom stereocenters. The van der Waals surface area contributed by atoms with Crippen LogP contribution in [0.3, 0.4) is 0 Å². The topological polar surface area (TPSA) is 17.8 Å². The van der Waals surface area contributed by atoms with Crippen molar-refractivity contribution in [3.05, 3.63) is 102 Å². The molecular weight excluding hydrogens is 328 g/mol. The molecule has 0 bridgehead atoms. The summed E-state index contributed by atoms with van der Waals surface area (Å²) in [6.07, 6.45) is 7.74. The summed E-state index contributed by atoms with van der Waals surface area (Å²) in [7, 11) is 0. The Morgan fingerprint density at radius 3 is 2.63 bits per heavy atom. The average Bonchev–Trinajstić information content (AvgIpc) is 3.44. The van der Waals surface area contributed by atoms with E-state index in [0.29, 0.717) is 12.0 Å². The predicted octanol–water partition coefficient (Wildman–Crippen LogP) is 5.93. The summed E-state index contributed by atoms with van der Waals surface area (Å²) in [4.78, 5) is 4.91. The Kier molecular flexibility index (Phi) is 4.05. The molecule has 27 heavy (non-hydrogen) atoms. The van der Waals surface area contributed by atoms with Gasteiger partial charge in [-0.1, -0.05) is 54.6 Å². The maximum absolute atomic E-state index is 4.91. The van der Waals surface area contributed by atoms with Gasteiger partial charge in [0.15, 0.2) is 0 Å². The Bertz CT molecular complexity index is 1070. The molecule has 2 aromatic carbocycles. The first-order chi connectivity index (χ1) is 13.3. The van der Waals surface area contributed by atoms with Crippen LogP contribution in [-0.4, -0.2) is 9.55 Å². The second kappa shape index (κ2) is 6.70. The smallest absolute Gasteiger partial charge is 0.0788 e. The number of pyridine rings is 1. The van der Waals surface area contributed by atoms with Gasteiger partial charge >= 0.3 is 0 Å². The molecule has 1 saturated carbocycles. The number of rotatable bonds is 5. The fourth-order valence-electron chi connectivity index (χ4n) is 4.31. The normalized spacial score (nSPS) is 15.1. The van der Waals surface area contributed by atoms with E-state index in [1.807, 2.05) is 6.20 Å². The molecule has 2 nitrogen and oxygen atoms in total. The lowest BCUT2D eigenvalue weighted by molar-refractivity contribution is 0.517. The van der Waals surface area contributed by atoms with E-state index < -0.39 is 0 Å². The van der Waals surface area contributed by atoms with Crippen molar-refractivity contribution in [1.29, 1.82) is 0 Å². The number of benzene rings is 2. The molecule has 0 N–H and O–H groups in total. The molecule has 0 saturated heterocycles. The van der Waals surface area contributed by atoms with Gasteiger partial charge in [0, 0.05) is 12.4 Å². The molecule has 2 heteroatoms. The number of aryl methyl sites for hydroxylation is 1. The molecule has 2 heterocycles. The van der Waals surface area contributed by atoms with Gasteiger partial charge in [0.1, 0.15) is 0 Å². The van der Waals surface area contributed by atoms with Crippen LogP contribution < -0.4 is 0 Å². The van der Waals surface area contributed by atoms with Crippen LogP contribution >= 0.6 is 0 Å². The molecule has 1 aliphatic rings. The highest BCUT2D eigenvalue weighted by molar-refractivity contribution is 5.83. The molecule has 0 aliphatic heterocycles. The minimum Gasteiger partial charge on any atom is -0.338 e. The van der Waals surface area contributed by atoms with Crippen LogP contribution in [0.2, 0.25) is 0 Å². The summed E-state index contributed by atoms with van der Waals surface area (Å²) in [5.74, 6) is 0.685. The zero-order valence-electron chi connectivity index (χ0n) is 15.7. The predicted molar refractivity (Wildman–Crippen MR) is 111 cm³/mol. The third kappa shape index (κ3) is 3.06. The van der Waals surface area contributed by atoms with Crippen molar-refractivity contribution in [2.24, 2.45) is 5.92 Å². The SMILES string of the molecule is Cc1cccc2ccn(C(c3ncccc3Cc3ccccc3)C3CC3)c12. The van der Waals surface area contributed by atoms with E-state index >= 15 is 0 Å². The third-order valence-electron chi connectivity index (χ3n) is 5.75. The van der Waals surface area contributed by atoms with Crippen molar-refractivity contribution in [2.45, 2.75) is 32.2 Å². The Morgan fingerprint density at radius 2 is 1.81 bits per heavy atom. The zero-order valence-corrected chi connectivity index (χ0v) is 15.7. The molecule has 0 radical (unpaired) electrons. The van der Waals surface area contributed by atoms with Gasteiger partial charge < -0.3 is 4.57 Å². The molecule has 4 aromatic rings. The first-order valence-corrected chi connectivity index (χ1v) is 9.85. The van der Waals surface area contributed by atoms with Crippen LogP contribution in [0.4, 0.5) is 0 Å². The van der Waals surface area contributed by atoms with E-state index in [2.05, 4.69) is 84.4 Å². The molecule has 1 fully saturated rings. The number of nitrogens with zero attached hydrogens (tertiary/aromatic N) is 2. The molecule has 1 aliphatic carbocycles. The Labute approximate surface area is 160 Å². The highest BCUT2D eigenvalue weighted by Gasteiger charge is 2.36. The van der Waals surface area contributed by atoms with Crippen LogP contribution in [0.1, 0.15) is 41.3 Å². The fraction of sp³-hybridized carbons (Fsp3) is 0.240. The summed E-state index contributed by atoms with van der Waals surface area (Å²) in [5, 5.41) is 1.32. The lowest BCUT2D eigenvalue weighted by Crippen LogP contribution is -2.16. The minimum absolute atomic E-state index is 0.323. The largest absolute Gasteiger partial charge is 0.338 e. The monoisotopic (exact) mass is 352 g/mol. The minimum atomic E-state index is 0.323. The van der Waals surface area contributed by atoms with Crippen molar-refractivity contribution in [3.8, 4) is 0 Å². The Hall–Kier alpha value is -2.87. The maximum atomic E-state index is 4.91. The van der Waals surface area contributed by atoms with E-state index in [0.717, 1.165) is 6.42 Å². The van der Waals surface area contributed by atoms with Crippen LogP contribution in [0.25, 0.3) is 10.9 Å². The molecule has 0 amide bonds. The number of hydrogen-bond donors (Lipinski definition) is 0. The third-order valence-corrected chi connectivity index (χ3v) is 5.75. The van der Waals surface area contributed by atoms with Gasteiger partial charge in [-0.2, -0.15) is 0 Å². The summed E-state index contributed by atoms with van der Waals surface area (Å²) < 4.78 is 2.49. The van der Waals surface area contributed by atoms with Crippen molar-refractivity contribution in [2.75, 3.05) is 0 Å². The van der Waals surface area contributed by atoms with Crippen molar-refractivity contribution in [3.63, 3.8) is 0 Å². The first-order valence-electron chi connectivity index (χ1n) is 9.85. The van der Waals surface area contributed by atoms with Crippen molar-refractivity contribution >= 4 is 10.9 Å². The van der Waals surface area contributed by atoms with E-state index in [-0.39, 0.29) is 0 Å². The van der Waals surface area contributed by atoms with Crippen LogP contribution in [-0.2, 0) is 6.42 Å². The molecule has 134 valence electrons. The van der Waals surface area contributed by atoms with E-state index in [1.54, 1.807) is 0 Å². The number of para-hydroxylation sites is 1. The molecule has 2 aromatic heterocycles. The number of fused-ring (bicyclic) bond motifs is 1. The molecule has 1 unspecified atom stereocenters. The van der Waals surface area contributed by atoms with Gasteiger partial charge in [-0.3, -0.25) is 4.98 Å². The van der Waals surface area contributed by atoms with E-state index in [4.69, 9.17) is 4.98 Å².